The Bertz CT molecular complexity index is 731. The number of aromatic nitrogens is 2. The molecule has 2 aromatic rings. The van der Waals surface area contributed by atoms with Gasteiger partial charge in [0, 0.05) is 17.1 Å². The monoisotopic (exact) mass is 332 g/mol. The number of hydrogen-bond acceptors (Lipinski definition) is 6. The lowest BCUT2D eigenvalue weighted by Crippen LogP contribution is -2.12. The number of thioether (sulfide) groups is 1. The molecule has 2 rings (SSSR count). The normalized spacial score (nSPS) is 11.5. The van der Waals surface area contributed by atoms with Gasteiger partial charge in [0.25, 0.3) is 5.89 Å². The molecule has 0 fully saturated rings. The third-order valence-electron chi connectivity index (χ3n) is 2.69. The van der Waals surface area contributed by atoms with Crippen molar-refractivity contribution in [1.82, 2.24) is 15.5 Å². The van der Waals surface area contributed by atoms with E-state index < -0.39 is 0 Å². The number of nitriles is 1. The SMILES string of the molecule is C=CCN/C(SC)=C(/C#N)c1nc(-c2ccc(Cl)cc2)no1. The molecule has 0 aliphatic carbocycles. The maximum atomic E-state index is 9.36. The van der Waals surface area contributed by atoms with E-state index in [9.17, 15) is 5.26 Å². The highest BCUT2D eigenvalue weighted by Gasteiger charge is 2.17. The number of rotatable bonds is 6. The lowest BCUT2D eigenvalue weighted by atomic mass is 10.2. The van der Waals surface area contributed by atoms with Gasteiger partial charge in [-0.15, -0.1) is 18.3 Å². The molecule has 0 unspecified atom stereocenters. The molecule has 0 bridgehead atoms. The number of nitrogens with zero attached hydrogens (tertiary/aromatic N) is 3. The Hall–Kier alpha value is -2.23. The summed E-state index contributed by atoms with van der Waals surface area (Å²) in [7, 11) is 0. The third kappa shape index (κ3) is 3.70. The fourth-order valence-electron chi connectivity index (χ4n) is 1.66. The molecule has 0 saturated heterocycles. The topological polar surface area (TPSA) is 74.7 Å². The van der Waals surface area contributed by atoms with Crippen molar-refractivity contribution in [1.29, 1.82) is 5.26 Å². The zero-order valence-corrected chi connectivity index (χ0v) is 13.4. The van der Waals surface area contributed by atoms with Gasteiger partial charge in [0.2, 0.25) is 5.82 Å². The molecule has 0 aliphatic heterocycles. The molecule has 1 heterocycles. The summed E-state index contributed by atoms with van der Waals surface area (Å²) in [5.74, 6) is 0.581. The van der Waals surface area contributed by atoms with Crippen molar-refractivity contribution in [2.45, 2.75) is 0 Å². The van der Waals surface area contributed by atoms with Gasteiger partial charge in [0.15, 0.2) is 0 Å². The second-order valence-corrected chi connectivity index (χ2v) is 5.37. The first kappa shape index (κ1) is 16.1. The van der Waals surface area contributed by atoms with Crippen LogP contribution in [0.1, 0.15) is 5.89 Å². The Labute approximate surface area is 137 Å². The highest BCUT2D eigenvalue weighted by molar-refractivity contribution is 8.02. The predicted octanol–water partition coefficient (Wildman–Crippen LogP) is 3.72. The van der Waals surface area contributed by atoms with Crippen molar-refractivity contribution in [2.75, 3.05) is 12.8 Å². The van der Waals surface area contributed by atoms with E-state index in [-0.39, 0.29) is 5.89 Å². The van der Waals surface area contributed by atoms with Gasteiger partial charge in [0.05, 0.1) is 5.03 Å². The van der Waals surface area contributed by atoms with Crippen molar-refractivity contribution in [3.05, 3.63) is 52.9 Å². The van der Waals surface area contributed by atoms with E-state index in [2.05, 4.69) is 28.1 Å². The Morgan fingerprint density at radius 3 is 2.82 bits per heavy atom. The van der Waals surface area contributed by atoms with Crippen LogP contribution in [0, 0.1) is 11.3 Å². The summed E-state index contributed by atoms with van der Waals surface area (Å²) in [5, 5.41) is 17.6. The van der Waals surface area contributed by atoms with Crippen LogP contribution in [0.2, 0.25) is 5.02 Å². The van der Waals surface area contributed by atoms with Crippen molar-refractivity contribution >= 4 is 28.9 Å². The lowest BCUT2D eigenvalue weighted by Gasteiger charge is -2.06. The van der Waals surface area contributed by atoms with E-state index in [4.69, 9.17) is 16.1 Å². The van der Waals surface area contributed by atoms with E-state index in [1.54, 1.807) is 30.3 Å². The summed E-state index contributed by atoms with van der Waals surface area (Å²) in [6.07, 6.45) is 3.57. The van der Waals surface area contributed by atoms with E-state index in [0.29, 0.717) is 28.0 Å². The molecule has 0 amide bonds. The molecular formula is C15H13ClN4OS. The van der Waals surface area contributed by atoms with Gasteiger partial charge < -0.3 is 9.84 Å². The molecule has 0 radical (unpaired) electrons. The molecule has 1 N–H and O–H groups in total. The Balaban J connectivity index is 2.36. The van der Waals surface area contributed by atoms with Crippen LogP contribution in [0.25, 0.3) is 17.0 Å². The molecule has 0 aliphatic rings. The van der Waals surface area contributed by atoms with Gasteiger partial charge >= 0.3 is 0 Å². The van der Waals surface area contributed by atoms with Crippen LogP contribution >= 0.6 is 23.4 Å². The second kappa shape index (κ2) is 7.69. The number of allylic oxidation sites excluding steroid dienone is 1. The molecule has 1 aromatic heterocycles. The quantitative estimate of drug-likeness (QED) is 0.642. The smallest absolute Gasteiger partial charge is 0.271 e. The van der Waals surface area contributed by atoms with Crippen LogP contribution in [-0.4, -0.2) is 22.9 Å². The molecule has 0 saturated carbocycles. The Morgan fingerprint density at radius 2 is 2.23 bits per heavy atom. The fourth-order valence-corrected chi connectivity index (χ4v) is 2.36. The molecule has 22 heavy (non-hydrogen) atoms. The summed E-state index contributed by atoms with van der Waals surface area (Å²) in [6.45, 7) is 4.18. The van der Waals surface area contributed by atoms with E-state index in [0.717, 1.165) is 5.56 Å². The van der Waals surface area contributed by atoms with E-state index >= 15 is 0 Å². The first-order valence-corrected chi connectivity index (χ1v) is 7.93. The standard InChI is InChI=1S/C15H13ClN4OS/c1-3-8-18-15(22-2)12(9-17)14-19-13(20-21-14)10-4-6-11(16)7-5-10/h3-7,18H,1,8H2,2H3/b15-12+. The zero-order chi connectivity index (χ0) is 15.9. The highest BCUT2D eigenvalue weighted by Crippen LogP contribution is 2.25. The zero-order valence-electron chi connectivity index (χ0n) is 11.8. The first-order chi connectivity index (χ1) is 10.7. The van der Waals surface area contributed by atoms with Gasteiger partial charge in [-0.05, 0) is 30.5 Å². The molecule has 1 aromatic carbocycles. The minimum atomic E-state index is 0.174. The van der Waals surface area contributed by atoms with Crippen LogP contribution in [0.15, 0.2) is 46.5 Å². The molecule has 0 atom stereocenters. The maximum absolute atomic E-state index is 9.36. The van der Waals surface area contributed by atoms with Gasteiger partial charge in [-0.25, -0.2) is 0 Å². The number of hydrogen-bond donors (Lipinski definition) is 1. The molecule has 7 heteroatoms. The average Bonchev–Trinajstić information content (AvgIpc) is 3.01. The fraction of sp³-hybridized carbons (Fsp3) is 0.133. The molecular weight excluding hydrogens is 320 g/mol. The molecule has 112 valence electrons. The Kier molecular flexibility index (Phi) is 5.64. The number of nitrogens with one attached hydrogen (secondary N) is 1. The van der Waals surface area contributed by atoms with Crippen molar-refractivity contribution in [2.24, 2.45) is 0 Å². The first-order valence-electron chi connectivity index (χ1n) is 6.32. The van der Waals surface area contributed by atoms with Crippen LogP contribution in [0.5, 0.6) is 0 Å². The van der Waals surface area contributed by atoms with Crippen LogP contribution < -0.4 is 5.32 Å². The summed E-state index contributed by atoms with van der Waals surface area (Å²) in [6, 6.07) is 9.16. The summed E-state index contributed by atoms with van der Waals surface area (Å²) in [4.78, 5) is 4.28. The average molecular weight is 333 g/mol. The van der Waals surface area contributed by atoms with Gasteiger partial charge in [-0.1, -0.05) is 22.8 Å². The van der Waals surface area contributed by atoms with Crippen LogP contribution in [0.3, 0.4) is 0 Å². The number of benzene rings is 1. The molecule has 5 nitrogen and oxygen atoms in total. The summed E-state index contributed by atoms with van der Waals surface area (Å²) >= 11 is 7.25. The minimum absolute atomic E-state index is 0.174. The third-order valence-corrected chi connectivity index (χ3v) is 3.70. The lowest BCUT2D eigenvalue weighted by molar-refractivity contribution is 0.409. The Morgan fingerprint density at radius 1 is 1.50 bits per heavy atom. The van der Waals surface area contributed by atoms with Crippen LogP contribution in [-0.2, 0) is 0 Å². The van der Waals surface area contributed by atoms with E-state index in [1.165, 1.54) is 11.8 Å². The van der Waals surface area contributed by atoms with Gasteiger partial charge in [-0.3, -0.25) is 0 Å². The van der Waals surface area contributed by atoms with Gasteiger partial charge in [-0.2, -0.15) is 10.2 Å². The van der Waals surface area contributed by atoms with Crippen molar-refractivity contribution in [3.63, 3.8) is 0 Å². The predicted molar refractivity (Wildman–Crippen MR) is 89.0 cm³/mol. The highest BCUT2D eigenvalue weighted by atomic mass is 35.5. The second-order valence-electron chi connectivity index (χ2n) is 4.12. The van der Waals surface area contributed by atoms with Crippen molar-refractivity contribution in [3.8, 4) is 17.5 Å². The summed E-state index contributed by atoms with van der Waals surface area (Å²) in [5.41, 5.74) is 1.07. The summed E-state index contributed by atoms with van der Waals surface area (Å²) < 4.78 is 5.21. The number of halogens is 1. The van der Waals surface area contributed by atoms with Crippen LogP contribution in [0.4, 0.5) is 0 Å². The minimum Gasteiger partial charge on any atom is -0.375 e. The largest absolute Gasteiger partial charge is 0.375 e. The van der Waals surface area contributed by atoms with Gasteiger partial charge in [0.1, 0.15) is 11.6 Å². The molecule has 0 spiro atoms. The van der Waals surface area contributed by atoms with E-state index in [1.807, 2.05) is 6.26 Å². The van der Waals surface area contributed by atoms with Crippen molar-refractivity contribution < 1.29 is 4.52 Å². The maximum Gasteiger partial charge on any atom is 0.271 e.